The van der Waals surface area contributed by atoms with E-state index in [2.05, 4.69) is 0 Å². The third-order valence-electron chi connectivity index (χ3n) is 5.27. The predicted molar refractivity (Wildman–Crippen MR) is 109 cm³/mol. The summed E-state index contributed by atoms with van der Waals surface area (Å²) < 4.78 is 37.6. The highest BCUT2D eigenvalue weighted by atomic mass is 32.2. The summed E-state index contributed by atoms with van der Waals surface area (Å²) in [5, 5.41) is 0. The smallest absolute Gasteiger partial charge is 0.265 e. The molecule has 2 heterocycles. The van der Waals surface area contributed by atoms with E-state index in [0.29, 0.717) is 32.1 Å². The van der Waals surface area contributed by atoms with Gasteiger partial charge >= 0.3 is 0 Å². The highest BCUT2D eigenvalue weighted by molar-refractivity contribution is 7.89. The van der Waals surface area contributed by atoms with Gasteiger partial charge in [0.2, 0.25) is 10.0 Å². The van der Waals surface area contributed by atoms with E-state index in [9.17, 15) is 13.2 Å². The first-order chi connectivity index (χ1) is 14.0. The van der Waals surface area contributed by atoms with Gasteiger partial charge in [0.15, 0.2) is 6.61 Å². The van der Waals surface area contributed by atoms with Crippen molar-refractivity contribution in [2.24, 2.45) is 0 Å². The maximum absolute atomic E-state index is 12.7. The minimum atomic E-state index is -3.54. The molecule has 4 rings (SSSR count). The van der Waals surface area contributed by atoms with Crippen molar-refractivity contribution in [1.29, 1.82) is 0 Å². The van der Waals surface area contributed by atoms with Gasteiger partial charge in [0.25, 0.3) is 5.91 Å². The van der Waals surface area contributed by atoms with Crippen LogP contribution in [0.1, 0.15) is 12.5 Å². The summed E-state index contributed by atoms with van der Waals surface area (Å²) in [6.07, 6.45) is 0.829. The Morgan fingerprint density at radius 2 is 1.79 bits per heavy atom. The predicted octanol–water partition coefficient (Wildman–Crippen LogP) is 2.06. The molecule has 1 fully saturated rings. The molecule has 0 unspecified atom stereocenters. The summed E-state index contributed by atoms with van der Waals surface area (Å²) in [4.78, 5) is 14.7. The van der Waals surface area contributed by atoms with Crippen molar-refractivity contribution in [3.8, 4) is 5.75 Å². The molecule has 7 nitrogen and oxygen atoms in total. The van der Waals surface area contributed by atoms with E-state index in [0.717, 1.165) is 17.7 Å². The van der Waals surface area contributed by atoms with Crippen molar-refractivity contribution in [2.45, 2.75) is 24.3 Å². The van der Waals surface area contributed by atoms with Gasteiger partial charge in [-0.1, -0.05) is 18.2 Å². The van der Waals surface area contributed by atoms with E-state index in [1.807, 2.05) is 31.2 Å². The summed E-state index contributed by atoms with van der Waals surface area (Å²) in [7, 11) is -3.54. The first kappa shape index (κ1) is 19.9. The second-order valence-electron chi connectivity index (χ2n) is 7.22. The lowest BCUT2D eigenvalue weighted by molar-refractivity contribution is -0.120. The Bertz CT molecular complexity index is 984. The number of para-hydroxylation sites is 1. The van der Waals surface area contributed by atoms with Gasteiger partial charge in [0, 0.05) is 24.8 Å². The van der Waals surface area contributed by atoms with E-state index in [4.69, 9.17) is 9.47 Å². The Morgan fingerprint density at radius 3 is 2.52 bits per heavy atom. The molecule has 0 aliphatic carbocycles. The summed E-state index contributed by atoms with van der Waals surface area (Å²) in [5.41, 5.74) is 2.09. The largest absolute Gasteiger partial charge is 0.484 e. The van der Waals surface area contributed by atoms with Gasteiger partial charge in [0.05, 0.1) is 18.1 Å². The highest BCUT2D eigenvalue weighted by Gasteiger charge is 2.31. The van der Waals surface area contributed by atoms with Crippen molar-refractivity contribution < 1.29 is 22.7 Å². The third kappa shape index (κ3) is 4.01. The lowest BCUT2D eigenvalue weighted by Gasteiger charge is -2.26. The minimum absolute atomic E-state index is 0.0875. The molecule has 2 aliphatic rings. The zero-order valence-corrected chi connectivity index (χ0v) is 17.1. The van der Waals surface area contributed by atoms with Gasteiger partial charge in [-0.05, 0) is 49.2 Å². The number of morpholine rings is 1. The molecule has 0 spiro atoms. The van der Waals surface area contributed by atoms with E-state index < -0.39 is 10.0 Å². The van der Waals surface area contributed by atoms with Crippen LogP contribution in [0.4, 0.5) is 5.69 Å². The van der Waals surface area contributed by atoms with Crippen LogP contribution in [0.25, 0.3) is 0 Å². The molecule has 8 heteroatoms. The standard InChI is InChI=1S/C21H24N2O5S/c1-16-14-17-4-2-3-5-20(17)23(16)21(24)15-28-18-6-8-19(9-7-18)29(25,26)22-10-12-27-13-11-22/h2-9,16H,10-15H2,1H3/t16-/m1/s1. The molecule has 0 radical (unpaired) electrons. The van der Waals surface area contributed by atoms with Crippen LogP contribution in [0.3, 0.4) is 0 Å². The van der Waals surface area contributed by atoms with E-state index in [1.165, 1.54) is 16.4 Å². The molecule has 1 atom stereocenters. The Hall–Kier alpha value is -2.42. The monoisotopic (exact) mass is 416 g/mol. The van der Waals surface area contributed by atoms with Gasteiger partial charge in [0.1, 0.15) is 5.75 Å². The topological polar surface area (TPSA) is 76.2 Å². The van der Waals surface area contributed by atoms with Gasteiger partial charge in [-0.15, -0.1) is 0 Å². The normalized spacial score (nSPS) is 19.8. The number of amides is 1. The van der Waals surface area contributed by atoms with Gasteiger partial charge in [-0.3, -0.25) is 4.79 Å². The van der Waals surface area contributed by atoms with Crippen LogP contribution in [-0.2, 0) is 26.0 Å². The van der Waals surface area contributed by atoms with Crippen LogP contribution in [0.2, 0.25) is 0 Å². The number of hydrogen-bond acceptors (Lipinski definition) is 5. The summed E-state index contributed by atoms with van der Waals surface area (Å²) in [6, 6.07) is 14.2. The molecule has 0 aromatic heterocycles. The molecule has 2 aromatic rings. The third-order valence-corrected chi connectivity index (χ3v) is 7.18. The summed E-state index contributed by atoms with van der Waals surface area (Å²) in [5.74, 6) is 0.340. The van der Waals surface area contributed by atoms with Gasteiger partial charge in [-0.25, -0.2) is 8.42 Å². The molecular formula is C21H24N2O5S. The van der Waals surface area contributed by atoms with Gasteiger partial charge < -0.3 is 14.4 Å². The van der Waals surface area contributed by atoms with Crippen LogP contribution in [0.15, 0.2) is 53.4 Å². The number of anilines is 1. The Balaban J connectivity index is 1.40. The SMILES string of the molecule is C[C@@H]1Cc2ccccc2N1C(=O)COc1ccc(S(=O)(=O)N2CCOCC2)cc1. The van der Waals surface area contributed by atoms with E-state index >= 15 is 0 Å². The van der Waals surface area contributed by atoms with Crippen LogP contribution >= 0.6 is 0 Å². The maximum atomic E-state index is 12.7. The van der Waals surface area contributed by atoms with Crippen molar-refractivity contribution >= 4 is 21.6 Å². The first-order valence-corrected chi connectivity index (χ1v) is 11.1. The lowest BCUT2D eigenvalue weighted by atomic mass is 10.1. The van der Waals surface area contributed by atoms with Crippen molar-refractivity contribution in [2.75, 3.05) is 37.8 Å². The fourth-order valence-electron chi connectivity index (χ4n) is 3.80. The molecule has 1 saturated heterocycles. The number of fused-ring (bicyclic) bond motifs is 1. The molecule has 154 valence electrons. The number of nitrogens with zero attached hydrogens (tertiary/aromatic N) is 2. The van der Waals surface area contributed by atoms with E-state index in [-0.39, 0.29) is 23.5 Å². The number of benzene rings is 2. The maximum Gasteiger partial charge on any atom is 0.265 e. The fourth-order valence-corrected chi connectivity index (χ4v) is 5.21. The van der Waals surface area contributed by atoms with Crippen LogP contribution in [0.5, 0.6) is 5.75 Å². The first-order valence-electron chi connectivity index (χ1n) is 9.67. The number of ether oxygens (including phenoxy) is 2. The van der Waals surface area contributed by atoms with Crippen molar-refractivity contribution in [3.05, 3.63) is 54.1 Å². The number of carbonyl (C=O) groups excluding carboxylic acids is 1. The highest BCUT2D eigenvalue weighted by Crippen LogP contribution is 2.32. The molecule has 0 bridgehead atoms. The number of rotatable bonds is 5. The quantitative estimate of drug-likeness (QED) is 0.746. The number of carbonyl (C=O) groups is 1. The second-order valence-corrected chi connectivity index (χ2v) is 9.16. The van der Waals surface area contributed by atoms with Gasteiger partial charge in [-0.2, -0.15) is 4.31 Å². The molecule has 29 heavy (non-hydrogen) atoms. The lowest BCUT2D eigenvalue weighted by Crippen LogP contribution is -2.40. The number of hydrogen-bond donors (Lipinski definition) is 0. The van der Waals surface area contributed by atoms with Crippen molar-refractivity contribution in [1.82, 2.24) is 4.31 Å². The molecule has 0 N–H and O–H groups in total. The second kappa shape index (κ2) is 8.14. The minimum Gasteiger partial charge on any atom is -0.484 e. The zero-order valence-electron chi connectivity index (χ0n) is 16.3. The summed E-state index contributed by atoms with van der Waals surface area (Å²) >= 11 is 0. The molecule has 1 amide bonds. The molecule has 0 saturated carbocycles. The Labute approximate surface area is 170 Å². The van der Waals surface area contributed by atoms with Crippen LogP contribution < -0.4 is 9.64 Å². The molecule has 2 aromatic carbocycles. The Kier molecular flexibility index (Phi) is 5.58. The molecule has 2 aliphatic heterocycles. The van der Waals surface area contributed by atoms with Crippen LogP contribution in [0, 0.1) is 0 Å². The molecular weight excluding hydrogens is 392 g/mol. The van der Waals surface area contributed by atoms with Crippen LogP contribution in [-0.4, -0.2) is 57.6 Å². The zero-order chi connectivity index (χ0) is 20.4. The summed E-state index contributed by atoms with van der Waals surface area (Å²) in [6.45, 7) is 3.42. The number of sulfonamides is 1. The fraction of sp³-hybridized carbons (Fsp3) is 0.381. The van der Waals surface area contributed by atoms with Crippen molar-refractivity contribution in [3.63, 3.8) is 0 Å². The average Bonchev–Trinajstić information content (AvgIpc) is 3.08. The van der Waals surface area contributed by atoms with E-state index in [1.54, 1.807) is 17.0 Å². The average molecular weight is 416 g/mol. The Morgan fingerprint density at radius 1 is 1.10 bits per heavy atom.